The molecule has 1 aromatic heterocycles. The molecule has 2 heterocycles. The number of rotatable bonds is 7. The summed E-state index contributed by atoms with van der Waals surface area (Å²) in [4.78, 5) is 17.1. The topological polar surface area (TPSA) is 41.4 Å². The van der Waals surface area contributed by atoms with Gasteiger partial charge in [-0.2, -0.15) is 5.10 Å². The number of hydrogen-bond acceptors (Lipinski definition) is 4. The van der Waals surface area contributed by atoms with E-state index >= 15 is 0 Å². The first-order valence-corrected chi connectivity index (χ1v) is 9.59. The number of likely N-dealkylation sites (tertiary alicyclic amines) is 1. The van der Waals surface area contributed by atoms with Crippen LogP contribution in [0.3, 0.4) is 0 Å². The van der Waals surface area contributed by atoms with Crippen LogP contribution in [0.5, 0.6) is 0 Å². The van der Waals surface area contributed by atoms with Crippen molar-refractivity contribution in [1.29, 1.82) is 0 Å². The molecule has 1 saturated heterocycles. The van der Waals surface area contributed by atoms with Crippen molar-refractivity contribution in [3.63, 3.8) is 0 Å². The summed E-state index contributed by atoms with van der Waals surface area (Å²) >= 11 is 0. The van der Waals surface area contributed by atoms with Gasteiger partial charge in [0.25, 0.3) is 5.56 Å². The number of hydrogen-bond donors (Lipinski definition) is 0. The number of anilines is 1. The van der Waals surface area contributed by atoms with Gasteiger partial charge in [-0.05, 0) is 44.7 Å². The molecule has 1 aliphatic heterocycles. The quantitative estimate of drug-likeness (QED) is 0.767. The molecule has 0 aliphatic carbocycles. The molecular weight excluding hydrogens is 324 g/mol. The van der Waals surface area contributed by atoms with Crippen LogP contribution < -0.4 is 10.5 Å². The molecule has 1 aliphatic rings. The second-order valence-corrected chi connectivity index (χ2v) is 7.63. The first kappa shape index (κ1) is 18.6. The van der Waals surface area contributed by atoms with Crippen LogP contribution in [-0.4, -0.2) is 47.4 Å². The van der Waals surface area contributed by atoms with Crippen molar-refractivity contribution in [3.05, 3.63) is 58.5 Å². The summed E-state index contributed by atoms with van der Waals surface area (Å²) in [6, 6.07) is 12.7. The number of likely N-dealkylation sites (N-methyl/N-ethyl adjacent to an activating group) is 1. The van der Waals surface area contributed by atoms with Crippen molar-refractivity contribution in [2.75, 3.05) is 31.6 Å². The second-order valence-electron chi connectivity index (χ2n) is 7.63. The van der Waals surface area contributed by atoms with Crippen molar-refractivity contribution >= 4 is 5.69 Å². The average Bonchev–Trinajstić information content (AvgIpc) is 3.11. The first-order valence-electron chi connectivity index (χ1n) is 9.59. The van der Waals surface area contributed by atoms with Crippen LogP contribution in [0.1, 0.15) is 25.8 Å². The van der Waals surface area contributed by atoms with Crippen molar-refractivity contribution in [2.24, 2.45) is 5.92 Å². The third kappa shape index (κ3) is 4.73. The van der Waals surface area contributed by atoms with Crippen LogP contribution in [0.4, 0.5) is 5.69 Å². The minimum atomic E-state index is -0.00272. The molecule has 2 aromatic rings. The lowest BCUT2D eigenvalue weighted by molar-refractivity contribution is 0.258. The van der Waals surface area contributed by atoms with Gasteiger partial charge in [-0.25, -0.2) is 4.68 Å². The number of benzene rings is 1. The Morgan fingerprint density at radius 2 is 2.04 bits per heavy atom. The Bertz CT molecular complexity index is 756. The molecule has 26 heavy (non-hydrogen) atoms. The molecule has 1 fully saturated rings. The van der Waals surface area contributed by atoms with Crippen LogP contribution in [0.2, 0.25) is 0 Å². The van der Waals surface area contributed by atoms with E-state index in [0.717, 1.165) is 44.7 Å². The van der Waals surface area contributed by atoms with E-state index in [-0.39, 0.29) is 5.56 Å². The number of nitrogens with zero attached hydrogens (tertiary/aromatic N) is 4. The molecule has 0 saturated carbocycles. The molecule has 1 atom stereocenters. The highest BCUT2D eigenvalue weighted by Crippen LogP contribution is 2.19. The van der Waals surface area contributed by atoms with Crippen LogP contribution in [0, 0.1) is 5.92 Å². The fourth-order valence-electron chi connectivity index (χ4n) is 3.57. The average molecular weight is 354 g/mol. The lowest BCUT2D eigenvalue weighted by atomic mass is 10.1. The molecule has 1 aromatic carbocycles. The predicted molar refractivity (Wildman–Crippen MR) is 107 cm³/mol. The molecule has 0 bridgehead atoms. The molecule has 0 amide bonds. The minimum absolute atomic E-state index is 0.00272. The van der Waals surface area contributed by atoms with E-state index in [1.54, 1.807) is 10.7 Å². The molecule has 140 valence electrons. The zero-order valence-corrected chi connectivity index (χ0v) is 16.1. The summed E-state index contributed by atoms with van der Waals surface area (Å²) in [6.45, 7) is 8.22. The van der Waals surface area contributed by atoms with Gasteiger partial charge in [0.05, 0.1) is 11.9 Å². The van der Waals surface area contributed by atoms with Gasteiger partial charge < -0.3 is 9.80 Å². The Morgan fingerprint density at radius 1 is 1.27 bits per heavy atom. The third-order valence-electron chi connectivity index (χ3n) is 5.35. The maximum Gasteiger partial charge on any atom is 0.268 e. The Balaban J connectivity index is 1.58. The maximum absolute atomic E-state index is 12.5. The Morgan fingerprint density at radius 3 is 2.69 bits per heavy atom. The Labute approximate surface area is 156 Å². The van der Waals surface area contributed by atoms with Crippen molar-refractivity contribution in [1.82, 2.24) is 14.7 Å². The van der Waals surface area contributed by atoms with E-state index in [4.69, 9.17) is 0 Å². The predicted octanol–water partition coefficient (Wildman–Crippen LogP) is 2.65. The van der Waals surface area contributed by atoms with Crippen molar-refractivity contribution < 1.29 is 0 Å². The first-order chi connectivity index (χ1) is 12.5. The smallest absolute Gasteiger partial charge is 0.268 e. The molecule has 0 N–H and O–H groups in total. The number of aromatic nitrogens is 2. The maximum atomic E-state index is 12.5. The van der Waals surface area contributed by atoms with E-state index in [1.165, 1.54) is 5.56 Å². The summed E-state index contributed by atoms with van der Waals surface area (Å²) in [5.41, 5.74) is 2.19. The highest BCUT2D eigenvalue weighted by Gasteiger charge is 2.24. The fourth-order valence-corrected chi connectivity index (χ4v) is 3.57. The van der Waals surface area contributed by atoms with Gasteiger partial charge in [-0.1, -0.05) is 30.3 Å². The largest absolute Gasteiger partial charge is 0.373 e. The van der Waals surface area contributed by atoms with Gasteiger partial charge in [0.2, 0.25) is 0 Å². The normalized spacial score (nSPS) is 17.8. The van der Waals surface area contributed by atoms with Gasteiger partial charge in [0, 0.05) is 38.8 Å². The lowest BCUT2D eigenvalue weighted by Crippen LogP contribution is -2.31. The summed E-state index contributed by atoms with van der Waals surface area (Å²) < 4.78 is 1.63. The Hall–Kier alpha value is -2.14. The van der Waals surface area contributed by atoms with Gasteiger partial charge in [-0.15, -0.1) is 0 Å². The molecule has 3 rings (SSSR count). The zero-order chi connectivity index (χ0) is 18.5. The van der Waals surface area contributed by atoms with Crippen molar-refractivity contribution in [2.45, 2.75) is 39.3 Å². The highest BCUT2D eigenvalue weighted by atomic mass is 16.1. The summed E-state index contributed by atoms with van der Waals surface area (Å²) in [6.07, 6.45) is 3.92. The molecule has 5 nitrogen and oxygen atoms in total. The zero-order valence-electron chi connectivity index (χ0n) is 16.1. The van der Waals surface area contributed by atoms with E-state index in [0.29, 0.717) is 12.0 Å². The van der Waals surface area contributed by atoms with Crippen LogP contribution >= 0.6 is 0 Å². The SMILES string of the molecule is CC(C)N1CC[C@H](Cn2ncc(N(C)CCc3ccccc3)cc2=O)C1. The molecule has 0 unspecified atom stereocenters. The van der Waals surface area contributed by atoms with Gasteiger partial charge in [0.1, 0.15) is 0 Å². The standard InChI is InChI=1S/C21H30N4O/c1-17(2)24-12-10-19(15-24)16-25-21(26)13-20(14-22-25)23(3)11-9-18-7-5-4-6-8-18/h4-8,13-14,17,19H,9-12,15-16H2,1-3H3/t19-/m0/s1. The van der Waals surface area contributed by atoms with Crippen LogP contribution in [0.15, 0.2) is 47.4 Å². The van der Waals surface area contributed by atoms with Crippen molar-refractivity contribution in [3.8, 4) is 0 Å². The lowest BCUT2D eigenvalue weighted by Gasteiger charge is -2.21. The molecule has 5 heteroatoms. The van der Waals surface area contributed by atoms with Crippen LogP contribution in [0.25, 0.3) is 0 Å². The van der Waals surface area contributed by atoms with E-state index in [2.05, 4.69) is 53.0 Å². The molecule has 0 radical (unpaired) electrons. The molecular formula is C21H30N4O. The summed E-state index contributed by atoms with van der Waals surface area (Å²) in [7, 11) is 2.02. The minimum Gasteiger partial charge on any atom is -0.373 e. The van der Waals surface area contributed by atoms with Crippen LogP contribution in [-0.2, 0) is 13.0 Å². The summed E-state index contributed by atoms with van der Waals surface area (Å²) in [5.74, 6) is 0.518. The highest BCUT2D eigenvalue weighted by molar-refractivity contribution is 5.42. The third-order valence-corrected chi connectivity index (χ3v) is 5.35. The van der Waals surface area contributed by atoms with Gasteiger partial charge in [-0.3, -0.25) is 4.79 Å². The van der Waals surface area contributed by atoms with Gasteiger partial charge >= 0.3 is 0 Å². The van der Waals surface area contributed by atoms with E-state index in [1.807, 2.05) is 19.3 Å². The molecule has 0 spiro atoms. The fraction of sp³-hybridized carbons (Fsp3) is 0.524. The summed E-state index contributed by atoms with van der Waals surface area (Å²) in [5, 5.41) is 4.43. The second kappa shape index (κ2) is 8.49. The van der Waals surface area contributed by atoms with E-state index < -0.39 is 0 Å². The Kier molecular flexibility index (Phi) is 6.09. The van der Waals surface area contributed by atoms with E-state index in [9.17, 15) is 4.79 Å². The van der Waals surface area contributed by atoms with Gasteiger partial charge in [0.15, 0.2) is 0 Å². The monoisotopic (exact) mass is 354 g/mol.